The largest absolute Gasteiger partial charge is 0.398 e. The van der Waals surface area contributed by atoms with Crippen LogP contribution in [0, 0.1) is 0 Å². The van der Waals surface area contributed by atoms with Crippen molar-refractivity contribution >= 4 is 5.69 Å². The van der Waals surface area contributed by atoms with Gasteiger partial charge in [0.05, 0.1) is 0 Å². The number of anilines is 1. The number of hydrogen-bond acceptors (Lipinski definition) is 3. The van der Waals surface area contributed by atoms with E-state index >= 15 is 0 Å². The molecule has 0 saturated heterocycles. The maximum atomic E-state index is 5.91. The molecule has 1 heterocycles. The molecule has 17 heavy (non-hydrogen) atoms. The molecule has 3 nitrogen and oxygen atoms in total. The molecule has 0 amide bonds. The summed E-state index contributed by atoms with van der Waals surface area (Å²) in [7, 11) is 0. The van der Waals surface area contributed by atoms with Gasteiger partial charge in [-0.05, 0) is 23.6 Å². The van der Waals surface area contributed by atoms with E-state index in [0.717, 1.165) is 22.8 Å². The van der Waals surface area contributed by atoms with E-state index in [0.29, 0.717) is 12.3 Å². The quantitative estimate of drug-likeness (QED) is 0.820. The first kappa shape index (κ1) is 11.6. The zero-order valence-electron chi connectivity index (χ0n) is 10.2. The molecule has 0 saturated carbocycles. The fourth-order valence-electron chi connectivity index (χ4n) is 1.69. The number of nitrogens with two attached hydrogens (primary N) is 1. The van der Waals surface area contributed by atoms with Crippen molar-refractivity contribution in [3.8, 4) is 0 Å². The Hall–Kier alpha value is -1.90. The van der Waals surface area contributed by atoms with Crippen LogP contribution < -0.4 is 5.73 Å². The Labute approximate surface area is 102 Å². The molecule has 3 heteroatoms. The van der Waals surface area contributed by atoms with Crippen molar-refractivity contribution in [3.05, 3.63) is 53.6 Å². The highest BCUT2D eigenvalue weighted by molar-refractivity contribution is 5.47. The Kier molecular flexibility index (Phi) is 3.38. The molecular formula is C14H17N3. The second-order valence-electron chi connectivity index (χ2n) is 4.43. The van der Waals surface area contributed by atoms with Gasteiger partial charge in [0.15, 0.2) is 0 Å². The molecule has 0 atom stereocenters. The molecule has 0 aliphatic rings. The Bertz CT molecular complexity index is 506. The highest BCUT2D eigenvalue weighted by Crippen LogP contribution is 2.15. The average molecular weight is 227 g/mol. The molecule has 2 N–H and O–H groups in total. The number of nitrogen functional groups attached to an aromatic ring is 1. The molecule has 0 unspecified atom stereocenters. The van der Waals surface area contributed by atoms with Crippen LogP contribution in [0.15, 0.2) is 36.5 Å². The fraction of sp³-hybridized carbons (Fsp3) is 0.286. The Balaban J connectivity index is 2.25. The van der Waals surface area contributed by atoms with E-state index in [-0.39, 0.29) is 0 Å². The molecule has 2 rings (SSSR count). The predicted octanol–water partition coefficient (Wildman–Crippen LogP) is 2.77. The van der Waals surface area contributed by atoms with Gasteiger partial charge in [-0.2, -0.15) is 0 Å². The summed E-state index contributed by atoms with van der Waals surface area (Å²) in [4.78, 5) is 8.83. The minimum atomic E-state index is 0.421. The standard InChI is InChI=1S/C14H17N3/c1-10(2)13-7-8-16-14(17-13)9-11-5-3-4-6-12(11)15/h3-8,10H,9,15H2,1-2H3. The smallest absolute Gasteiger partial charge is 0.132 e. The first-order valence-corrected chi connectivity index (χ1v) is 5.82. The van der Waals surface area contributed by atoms with Crippen LogP contribution in [-0.2, 0) is 6.42 Å². The second kappa shape index (κ2) is 4.95. The van der Waals surface area contributed by atoms with Crippen LogP contribution in [0.5, 0.6) is 0 Å². The number of nitrogens with zero attached hydrogens (tertiary/aromatic N) is 2. The molecule has 0 aliphatic heterocycles. The third-order valence-electron chi connectivity index (χ3n) is 2.72. The highest BCUT2D eigenvalue weighted by atomic mass is 14.9. The number of rotatable bonds is 3. The van der Waals surface area contributed by atoms with Gasteiger partial charge in [-0.15, -0.1) is 0 Å². The molecule has 0 spiro atoms. The monoisotopic (exact) mass is 227 g/mol. The topological polar surface area (TPSA) is 51.8 Å². The molecule has 2 aromatic rings. The third-order valence-corrected chi connectivity index (χ3v) is 2.72. The van der Waals surface area contributed by atoms with Crippen molar-refractivity contribution in [2.45, 2.75) is 26.2 Å². The zero-order chi connectivity index (χ0) is 12.3. The van der Waals surface area contributed by atoms with Gasteiger partial charge in [0.2, 0.25) is 0 Å². The lowest BCUT2D eigenvalue weighted by atomic mass is 10.1. The van der Waals surface area contributed by atoms with E-state index in [4.69, 9.17) is 5.73 Å². The maximum Gasteiger partial charge on any atom is 0.132 e. The summed E-state index contributed by atoms with van der Waals surface area (Å²) in [5.41, 5.74) is 8.86. The maximum absolute atomic E-state index is 5.91. The molecular weight excluding hydrogens is 210 g/mol. The SMILES string of the molecule is CC(C)c1ccnc(Cc2ccccc2N)n1. The van der Waals surface area contributed by atoms with Gasteiger partial charge in [-0.25, -0.2) is 9.97 Å². The molecule has 0 aliphatic carbocycles. The molecule has 0 fully saturated rings. The van der Waals surface area contributed by atoms with Gasteiger partial charge in [-0.3, -0.25) is 0 Å². The van der Waals surface area contributed by atoms with Crippen LogP contribution in [0.1, 0.15) is 36.8 Å². The van der Waals surface area contributed by atoms with E-state index in [1.54, 1.807) is 0 Å². The van der Waals surface area contributed by atoms with Crippen LogP contribution in [0.3, 0.4) is 0 Å². The van der Waals surface area contributed by atoms with Gasteiger partial charge < -0.3 is 5.73 Å². The molecule has 0 radical (unpaired) electrons. The van der Waals surface area contributed by atoms with Crippen molar-refractivity contribution in [2.24, 2.45) is 0 Å². The van der Waals surface area contributed by atoms with Gasteiger partial charge >= 0.3 is 0 Å². The predicted molar refractivity (Wildman–Crippen MR) is 69.8 cm³/mol. The Morgan fingerprint density at radius 3 is 2.65 bits per heavy atom. The van der Waals surface area contributed by atoms with Crippen molar-refractivity contribution in [3.63, 3.8) is 0 Å². The molecule has 1 aromatic carbocycles. The van der Waals surface area contributed by atoms with E-state index in [1.807, 2.05) is 36.5 Å². The van der Waals surface area contributed by atoms with Gasteiger partial charge in [-0.1, -0.05) is 32.0 Å². The number of hydrogen-bond donors (Lipinski definition) is 1. The van der Waals surface area contributed by atoms with Crippen LogP contribution in [0.2, 0.25) is 0 Å². The Morgan fingerprint density at radius 2 is 1.94 bits per heavy atom. The normalized spacial score (nSPS) is 10.8. The summed E-state index contributed by atoms with van der Waals surface area (Å²) < 4.78 is 0. The summed E-state index contributed by atoms with van der Waals surface area (Å²) in [6.45, 7) is 4.26. The van der Waals surface area contributed by atoms with Crippen molar-refractivity contribution in [2.75, 3.05) is 5.73 Å². The van der Waals surface area contributed by atoms with E-state index < -0.39 is 0 Å². The average Bonchev–Trinajstić information content (AvgIpc) is 2.32. The van der Waals surface area contributed by atoms with Gasteiger partial charge in [0, 0.05) is 24.0 Å². The summed E-state index contributed by atoms with van der Waals surface area (Å²) in [5.74, 6) is 1.25. The summed E-state index contributed by atoms with van der Waals surface area (Å²) in [6, 6.07) is 9.80. The minimum Gasteiger partial charge on any atom is -0.398 e. The summed E-state index contributed by atoms with van der Waals surface area (Å²) >= 11 is 0. The number of benzene rings is 1. The number of aromatic nitrogens is 2. The van der Waals surface area contributed by atoms with Crippen molar-refractivity contribution in [1.29, 1.82) is 0 Å². The van der Waals surface area contributed by atoms with E-state index in [2.05, 4.69) is 23.8 Å². The first-order valence-electron chi connectivity index (χ1n) is 5.82. The lowest BCUT2D eigenvalue weighted by Gasteiger charge is -2.07. The van der Waals surface area contributed by atoms with Gasteiger partial charge in [0.25, 0.3) is 0 Å². The van der Waals surface area contributed by atoms with E-state index in [9.17, 15) is 0 Å². The zero-order valence-corrected chi connectivity index (χ0v) is 10.2. The second-order valence-corrected chi connectivity index (χ2v) is 4.43. The van der Waals surface area contributed by atoms with Crippen LogP contribution in [0.4, 0.5) is 5.69 Å². The van der Waals surface area contributed by atoms with Crippen molar-refractivity contribution in [1.82, 2.24) is 9.97 Å². The van der Waals surface area contributed by atoms with Gasteiger partial charge in [0.1, 0.15) is 5.82 Å². The first-order chi connectivity index (χ1) is 8.16. The summed E-state index contributed by atoms with van der Waals surface area (Å²) in [5, 5.41) is 0. The minimum absolute atomic E-state index is 0.421. The fourth-order valence-corrected chi connectivity index (χ4v) is 1.69. The van der Waals surface area contributed by atoms with Crippen LogP contribution >= 0.6 is 0 Å². The van der Waals surface area contributed by atoms with Crippen LogP contribution in [-0.4, -0.2) is 9.97 Å². The Morgan fingerprint density at radius 1 is 1.18 bits per heavy atom. The van der Waals surface area contributed by atoms with Crippen LogP contribution in [0.25, 0.3) is 0 Å². The highest BCUT2D eigenvalue weighted by Gasteiger charge is 2.05. The lowest BCUT2D eigenvalue weighted by molar-refractivity contribution is 0.791. The third kappa shape index (κ3) is 2.81. The van der Waals surface area contributed by atoms with Crippen molar-refractivity contribution < 1.29 is 0 Å². The van der Waals surface area contributed by atoms with E-state index in [1.165, 1.54) is 0 Å². The number of para-hydroxylation sites is 1. The molecule has 0 bridgehead atoms. The lowest BCUT2D eigenvalue weighted by Crippen LogP contribution is -2.03. The molecule has 88 valence electrons. The summed E-state index contributed by atoms with van der Waals surface area (Å²) in [6.07, 6.45) is 2.50. The molecule has 1 aromatic heterocycles.